The van der Waals surface area contributed by atoms with Crippen LogP contribution in [0, 0.1) is 6.92 Å². The Hall–Kier alpha value is -3.49. The minimum atomic E-state index is -2.30. The van der Waals surface area contributed by atoms with E-state index in [-0.39, 0.29) is 0 Å². The van der Waals surface area contributed by atoms with Gasteiger partial charge in [0.15, 0.2) is 7.26 Å². The summed E-state index contributed by atoms with van der Waals surface area (Å²) >= 11 is 3.74. The van der Waals surface area contributed by atoms with Gasteiger partial charge in [0.2, 0.25) is 5.44 Å². The third-order valence-electron chi connectivity index (χ3n) is 6.84. The second kappa shape index (κ2) is 11.7. The van der Waals surface area contributed by atoms with Crippen molar-refractivity contribution in [3.05, 3.63) is 157 Å². The molecule has 0 fully saturated rings. The number of aryl methyl sites for hydroxylation is 1. The van der Waals surface area contributed by atoms with Crippen molar-refractivity contribution in [2.24, 2.45) is 0 Å². The number of rotatable bonds is 8. The Kier molecular flexibility index (Phi) is 7.74. The number of thiazole rings is 1. The Morgan fingerprint density at radius 1 is 0.590 bits per heavy atom. The molecule has 0 atom stereocenters. The minimum absolute atomic E-state index is 0.905. The van der Waals surface area contributed by atoms with Crippen molar-refractivity contribution in [3.8, 4) is 10.6 Å². The van der Waals surface area contributed by atoms with E-state index in [1.807, 2.05) is 23.1 Å². The van der Waals surface area contributed by atoms with Crippen LogP contribution in [0.3, 0.4) is 0 Å². The van der Waals surface area contributed by atoms with E-state index in [1.54, 1.807) is 0 Å². The number of benzene rings is 5. The van der Waals surface area contributed by atoms with Crippen LogP contribution in [0.2, 0.25) is 0 Å². The van der Waals surface area contributed by atoms with Crippen molar-refractivity contribution in [2.45, 2.75) is 16.9 Å². The van der Waals surface area contributed by atoms with Crippen LogP contribution in [-0.4, -0.2) is 4.98 Å². The molecule has 0 N–H and O–H groups in total. The Labute approximate surface area is 240 Å². The minimum Gasteiger partial charge on any atom is -0.200 e. The zero-order chi connectivity index (χ0) is 26.5. The number of hydrogen-bond donors (Lipinski definition) is 0. The average Bonchev–Trinajstić information content (AvgIpc) is 3.43. The molecule has 0 spiro atoms. The molecule has 0 saturated carbocycles. The van der Waals surface area contributed by atoms with E-state index in [9.17, 15) is 0 Å². The average molecular weight is 559 g/mol. The Morgan fingerprint density at radius 3 is 1.54 bits per heavy atom. The molecule has 0 bridgehead atoms. The lowest BCUT2D eigenvalue weighted by molar-refractivity contribution is 1.40. The molecule has 6 aromatic rings. The molecule has 0 aliphatic heterocycles. The summed E-state index contributed by atoms with van der Waals surface area (Å²) in [6.45, 7) is 2.13. The van der Waals surface area contributed by atoms with Gasteiger partial charge >= 0.3 is 0 Å². The summed E-state index contributed by atoms with van der Waals surface area (Å²) in [5, 5.41) is 5.05. The van der Waals surface area contributed by atoms with Crippen LogP contribution >= 0.6 is 30.4 Å². The first-order chi connectivity index (χ1) is 19.2. The molecule has 6 rings (SSSR count). The van der Waals surface area contributed by atoms with Crippen molar-refractivity contribution >= 4 is 51.7 Å². The molecule has 0 amide bonds. The Morgan fingerprint density at radius 2 is 1.05 bits per heavy atom. The molecular formula is C35H29NPS2+. The van der Waals surface area contributed by atoms with E-state index in [0.29, 0.717) is 0 Å². The first-order valence-corrected chi connectivity index (χ1v) is 16.7. The van der Waals surface area contributed by atoms with Crippen LogP contribution in [0.1, 0.15) is 11.1 Å². The predicted molar refractivity (Wildman–Crippen MR) is 173 cm³/mol. The second-order valence-corrected chi connectivity index (χ2v) is 15.0. The summed E-state index contributed by atoms with van der Waals surface area (Å²) in [5.74, 6) is 0.905. The molecule has 0 aliphatic carbocycles. The summed E-state index contributed by atoms with van der Waals surface area (Å²) in [4.78, 5) is 5.57. The molecule has 5 aromatic carbocycles. The maximum atomic E-state index is 5.57. The van der Waals surface area contributed by atoms with Gasteiger partial charge in [0.25, 0.3) is 0 Å². The monoisotopic (exact) mass is 558 g/mol. The van der Waals surface area contributed by atoms with Crippen LogP contribution in [-0.2, 0) is 5.75 Å². The molecule has 0 aliphatic rings. The Bertz CT molecular complexity index is 1540. The highest BCUT2D eigenvalue weighted by Gasteiger charge is 2.52. The van der Waals surface area contributed by atoms with Gasteiger partial charge in [-0.2, -0.15) is 4.98 Å². The molecule has 190 valence electrons. The van der Waals surface area contributed by atoms with Crippen molar-refractivity contribution in [2.75, 3.05) is 0 Å². The molecule has 4 heteroatoms. The van der Waals surface area contributed by atoms with Crippen molar-refractivity contribution < 1.29 is 0 Å². The normalized spacial score (nSPS) is 11.4. The van der Waals surface area contributed by atoms with E-state index in [2.05, 4.69) is 153 Å². The summed E-state index contributed by atoms with van der Waals surface area (Å²) < 4.78 is 1.29. The topological polar surface area (TPSA) is 12.9 Å². The number of nitrogens with zero attached hydrogens (tertiary/aromatic N) is 1. The molecule has 0 radical (unpaired) electrons. The highest BCUT2D eigenvalue weighted by Crippen LogP contribution is 2.57. The summed E-state index contributed by atoms with van der Waals surface area (Å²) in [5.41, 5.74) is 4.95. The first-order valence-electron chi connectivity index (χ1n) is 13.1. The third kappa shape index (κ3) is 5.23. The number of thioether (sulfide) groups is 1. The fraction of sp³-hybridized carbons (Fsp3) is 0.0571. The molecule has 39 heavy (non-hydrogen) atoms. The van der Waals surface area contributed by atoms with Crippen LogP contribution in [0.4, 0.5) is 0 Å². The van der Waals surface area contributed by atoms with Gasteiger partial charge in [0.1, 0.15) is 25.1 Å². The van der Waals surface area contributed by atoms with E-state index >= 15 is 0 Å². The SMILES string of the molecule is Cc1ccc(-c2nc([P+](c3ccccc3)(c3ccccc3)c3ccccc3)c(SCc3ccccc3)s2)cc1. The first kappa shape index (κ1) is 25.8. The lowest BCUT2D eigenvalue weighted by Gasteiger charge is -2.26. The van der Waals surface area contributed by atoms with Crippen LogP contribution in [0.15, 0.2) is 150 Å². The highest BCUT2D eigenvalue weighted by molar-refractivity contribution is 8.05. The highest BCUT2D eigenvalue weighted by atomic mass is 32.2. The van der Waals surface area contributed by atoms with Gasteiger partial charge in [-0.3, -0.25) is 0 Å². The smallest absolute Gasteiger partial charge is 0.200 e. The zero-order valence-electron chi connectivity index (χ0n) is 21.8. The van der Waals surface area contributed by atoms with Crippen molar-refractivity contribution in [3.63, 3.8) is 0 Å². The van der Waals surface area contributed by atoms with E-state index < -0.39 is 7.26 Å². The maximum Gasteiger partial charge on any atom is 0.223 e. The van der Waals surface area contributed by atoms with Gasteiger partial charge < -0.3 is 0 Å². The fourth-order valence-corrected chi connectivity index (χ4v) is 12.2. The maximum absolute atomic E-state index is 5.57. The largest absolute Gasteiger partial charge is 0.223 e. The van der Waals surface area contributed by atoms with Crippen LogP contribution in [0.25, 0.3) is 10.6 Å². The van der Waals surface area contributed by atoms with Crippen molar-refractivity contribution in [1.82, 2.24) is 4.98 Å². The van der Waals surface area contributed by atoms with Gasteiger partial charge in [-0.1, -0.05) is 115 Å². The van der Waals surface area contributed by atoms with Crippen LogP contribution in [0.5, 0.6) is 0 Å². The molecule has 0 saturated heterocycles. The molecular weight excluding hydrogens is 530 g/mol. The summed E-state index contributed by atoms with van der Waals surface area (Å²) in [7, 11) is -2.30. The van der Waals surface area contributed by atoms with Crippen LogP contribution < -0.4 is 21.3 Å². The van der Waals surface area contributed by atoms with Gasteiger partial charge in [0, 0.05) is 11.3 Å². The summed E-state index contributed by atoms with van der Waals surface area (Å²) in [6.07, 6.45) is 0. The fourth-order valence-electron chi connectivity index (χ4n) is 4.92. The lowest BCUT2D eigenvalue weighted by Crippen LogP contribution is -2.39. The zero-order valence-corrected chi connectivity index (χ0v) is 24.3. The quantitative estimate of drug-likeness (QED) is 0.139. The number of hydrogen-bond acceptors (Lipinski definition) is 3. The Balaban J connectivity index is 1.63. The molecule has 1 aromatic heterocycles. The predicted octanol–water partition coefficient (Wildman–Crippen LogP) is 8.03. The summed E-state index contributed by atoms with van der Waals surface area (Å²) in [6, 6.07) is 52.6. The van der Waals surface area contributed by atoms with E-state index in [4.69, 9.17) is 4.98 Å². The van der Waals surface area contributed by atoms with Gasteiger partial charge in [0.05, 0.1) is 0 Å². The molecule has 1 heterocycles. The molecule has 0 unspecified atom stereocenters. The standard InChI is InChI=1S/C35H29NPS2/c1-27-22-24-29(25-23-27)34-36-33(35(39-34)38-26-28-14-6-2-7-15-28)37(30-16-8-3-9-17-30,31-18-10-4-11-19-31)32-20-12-5-13-21-32/h2-25H,26H2,1H3/q+1. The lowest BCUT2D eigenvalue weighted by atomic mass is 10.2. The second-order valence-electron chi connectivity index (χ2n) is 9.45. The number of aromatic nitrogens is 1. The molecule has 1 nitrogen and oxygen atoms in total. The van der Waals surface area contributed by atoms with Gasteiger partial charge in [-0.25, -0.2) is 0 Å². The van der Waals surface area contributed by atoms with Gasteiger partial charge in [-0.05, 0) is 48.9 Å². The van der Waals surface area contributed by atoms with Gasteiger partial charge in [-0.15, -0.1) is 23.1 Å². The van der Waals surface area contributed by atoms with E-state index in [0.717, 1.165) is 10.8 Å². The van der Waals surface area contributed by atoms with Crippen molar-refractivity contribution in [1.29, 1.82) is 0 Å². The van der Waals surface area contributed by atoms with E-state index in [1.165, 1.54) is 42.2 Å². The third-order valence-corrected chi connectivity index (χ3v) is 13.8.